The van der Waals surface area contributed by atoms with Gasteiger partial charge in [0.25, 0.3) is 0 Å². The van der Waals surface area contributed by atoms with Crippen LogP contribution in [-0.2, 0) is 9.53 Å². The van der Waals surface area contributed by atoms with Crippen LogP contribution < -0.4 is 0 Å². The van der Waals surface area contributed by atoms with Crippen molar-refractivity contribution in [3.8, 4) is 0 Å². The fourth-order valence-electron chi connectivity index (χ4n) is 1.20. The van der Waals surface area contributed by atoms with E-state index in [1.54, 1.807) is 6.92 Å². The van der Waals surface area contributed by atoms with Crippen molar-refractivity contribution in [3.63, 3.8) is 0 Å². The van der Waals surface area contributed by atoms with Gasteiger partial charge in [0.05, 0.1) is 19.1 Å². The summed E-state index contributed by atoms with van der Waals surface area (Å²) in [6.07, 6.45) is -0.240. The maximum Gasteiger partial charge on any atom is 0.308 e. The fourth-order valence-corrected chi connectivity index (χ4v) is 1.30. The molecule has 2 N–H and O–H groups in total. The van der Waals surface area contributed by atoms with Gasteiger partial charge in [-0.25, -0.2) is 9.97 Å². The Morgan fingerprint density at radius 1 is 1.47 bits per heavy atom. The Labute approximate surface area is 103 Å². The van der Waals surface area contributed by atoms with Crippen molar-refractivity contribution in [2.45, 2.75) is 25.6 Å². The van der Waals surface area contributed by atoms with Gasteiger partial charge in [0.15, 0.2) is 0 Å². The highest BCUT2D eigenvalue weighted by molar-refractivity contribution is 6.28. The summed E-state index contributed by atoms with van der Waals surface area (Å²) in [6, 6.07) is 0. The van der Waals surface area contributed by atoms with Gasteiger partial charge in [-0.05, 0) is 18.5 Å². The van der Waals surface area contributed by atoms with Crippen LogP contribution in [0.1, 0.15) is 25.0 Å². The Morgan fingerprint density at radius 2 is 2.06 bits per heavy atom. The topological polar surface area (TPSA) is 92.5 Å². The Morgan fingerprint density at radius 3 is 2.59 bits per heavy atom. The van der Waals surface area contributed by atoms with Crippen LogP contribution in [-0.4, -0.2) is 38.9 Å². The molecule has 0 spiro atoms. The Hall–Kier alpha value is -1.24. The van der Waals surface area contributed by atoms with Gasteiger partial charge in [-0.2, -0.15) is 0 Å². The van der Waals surface area contributed by atoms with Gasteiger partial charge < -0.3 is 14.9 Å². The molecule has 6 nitrogen and oxygen atoms in total. The molecule has 7 heteroatoms. The minimum atomic E-state index is -1.26. The number of ether oxygens (including phenoxy) is 1. The van der Waals surface area contributed by atoms with E-state index in [9.17, 15) is 15.0 Å². The number of rotatable bonds is 5. The smallest absolute Gasteiger partial charge is 0.308 e. The zero-order valence-corrected chi connectivity index (χ0v) is 9.96. The third-order valence-corrected chi connectivity index (χ3v) is 2.22. The predicted molar refractivity (Wildman–Crippen MR) is 59.3 cm³/mol. The minimum absolute atomic E-state index is 0.0424. The lowest BCUT2D eigenvalue weighted by Crippen LogP contribution is -2.23. The van der Waals surface area contributed by atoms with Crippen molar-refractivity contribution >= 4 is 17.6 Å². The average Bonchev–Trinajstić information content (AvgIpc) is 2.29. The molecule has 2 unspecified atom stereocenters. The number of esters is 1. The van der Waals surface area contributed by atoms with Crippen molar-refractivity contribution < 1.29 is 19.7 Å². The molecule has 0 amide bonds. The first-order chi connectivity index (χ1) is 8.04. The Bertz CT molecular complexity index is 371. The second kappa shape index (κ2) is 6.48. The molecule has 1 rings (SSSR count). The van der Waals surface area contributed by atoms with Gasteiger partial charge in [-0.3, -0.25) is 4.79 Å². The molecule has 0 aromatic carbocycles. The number of aromatic nitrogens is 2. The number of hydrogen-bond donors (Lipinski definition) is 2. The Balaban J connectivity index is 2.60. The van der Waals surface area contributed by atoms with E-state index >= 15 is 0 Å². The van der Waals surface area contributed by atoms with Crippen molar-refractivity contribution in [2.75, 3.05) is 6.61 Å². The molecule has 0 fully saturated rings. The van der Waals surface area contributed by atoms with Crippen molar-refractivity contribution in [3.05, 3.63) is 23.2 Å². The zero-order chi connectivity index (χ0) is 12.8. The molecule has 0 aliphatic heterocycles. The van der Waals surface area contributed by atoms with Gasteiger partial charge in [-0.1, -0.05) is 0 Å². The van der Waals surface area contributed by atoms with Crippen LogP contribution in [0.2, 0.25) is 5.28 Å². The lowest BCUT2D eigenvalue weighted by atomic mass is 10.1. The van der Waals surface area contributed by atoms with Crippen LogP contribution in [0.25, 0.3) is 0 Å². The quantitative estimate of drug-likeness (QED) is 0.591. The summed E-state index contributed by atoms with van der Waals surface area (Å²) in [5.41, 5.74) is 0.284. The van der Waals surface area contributed by atoms with Crippen molar-refractivity contribution in [1.82, 2.24) is 9.97 Å². The first kappa shape index (κ1) is 13.8. The van der Waals surface area contributed by atoms with Gasteiger partial charge in [0, 0.05) is 18.0 Å². The van der Waals surface area contributed by atoms with Gasteiger partial charge in [0.1, 0.15) is 6.10 Å². The molecular weight excluding hydrogens is 248 g/mol. The van der Waals surface area contributed by atoms with Crippen LogP contribution in [0.4, 0.5) is 0 Å². The summed E-state index contributed by atoms with van der Waals surface area (Å²) < 4.78 is 4.66. The molecular formula is C10H13ClN2O4. The summed E-state index contributed by atoms with van der Waals surface area (Å²) in [6.45, 7) is 1.89. The molecule has 0 saturated heterocycles. The van der Waals surface area contributed by atoms with E-state index in [-0.39, 0.29) is 23.9 Å². The van der Waals surface area contributed by atoms with E-state index in [0.29, 0.717) is 0 Å². The fraction of sp³-hybridized carbons (Fsp3) is 0.500. The summed E-state index contributed by atoms with van der Waals surface area (Å²) in [5, 5.41) is 19.4. The highest BCUT2D eigenvalue weighted by Gasteiger charge is 2.22. The molecule has 0 aliphatic rings. The van der Waals surface area contributed by atoms with E-state index in [1.165, 1.54) is 12.4 Å². The van der Waals surface area contributed by atoms with Gasteiger partial charge >= 0.3 is 5.97 Å². The summed E-state index contributed by atoms with van der Waals surface area (Å²) in [5.74, 6) is -0.575. The molecule has 0 bridgehead atoms. The van der Waals surface area contributed by atoms with E-state index in [4.69, 9.17) is 11.6 Å². The third-order valence-electron chi connectivity index (χ3n) is 2.03. The first-order valence-electron chi connectivity index (χ1n) is 5.03. The van der Waals surface area contributed by atoms with E-state index in [1.807, 2.05) is 0 Å². The second-order valence-electron chi connectivity index (χ2n) is 3.31. The molecule has 94 valence electrons. The van der Waals surface area contributed by atoms with Crippen molar-refractivity contribution in [1.29, 1.82) is 0 Å². The normalized spacial score (nSPS) is 14.1. The zero-order valence-electron chi connectivity index (χ0n) is 9.21. The number of nitrogens with zero attached hydrogens (tertiary/aromatic N) is 2. The molecule has 1 heterocycles. The van der Waals surface area contributed by atoms with Crippen LogP contribution in [0.5, 0.6) is 0 Å². The molecule has 17 heavy (non-hydrogen) atoms. The van der Waals surface area contributed by atoms with E-state index in [0.717, 1.165) is 0 Å². The molecule has 1 aromatic heterocycles. The van der Waals surface area contributed by atoms with E-state index < -0.39 is 18.2 Å². The van der Waals surface area contributed by atoms with E-state index in [2.05, 4.69) is 14.7 Å². The molecule has 0 aliphatic carbocycles. The monoisotopic (exact) mass is 260 g/mol. The van der Waals surface area contributed by atoms with Gasteiger partial charge in [-0.15, -0.1) is 0 Å². The van der Waals surface area contributed by atoms with Crippen LogP contribution in [0.15, 0.2) is 12.4 Å². The Kier molecular flexibility index (Phi) is 5.27. The first-order valence-corrected chi connectivity index (χ1v) is 5.41. The van der Waals surface area contributed by atoms with Crippen molar-refractivity contribution in [2.24, 2.45) is 0 Å². The molecule has 1 aromatic rings. The average molecular weight is 261 g/mol. The lowest BCUT2D eigenvalue weighted by Gasteiger charge is -2.16. The number of aliphatic hydroxyl groups excluding tert-OH is 2. The minimum Gasteiger partial charge on any atom is -0.466 e. The standard InChI is InChI=1S/C10H13ClN2O4/c1-2-17-8(15)3-7(14)9(16)6-4-12-10(11)13-5-6/h4-5,7,9,14,16H,2-3H2,1H3. The van der Waals surface area contributed by atoms with Crippen LogP contribution >= 0.6 is 11.6 Å². The third kappa shape index (κ3) is 4.26. The number of carbonyl (C=O) groups is 1. The SMILES string of the molecule is CCOC(=O)CC(O)C(O)c1cnc(Cl)nc1. The number of aliphatic hydroxyl groups is 2. The number of hydrogen-bond acceptors (Lipinski definition) is 6. The van der Waals surface area contributed by atoms with Gasteiger partial charge in [0.2, 0.25) is 5.28 Å². The lowest BCUT2D eigenvalue weighted by molar-refractivity contribution is -0.147. The van der Waals surface area contributed by atoms with Crippen LogP contribution in [0.3, 0.4) is 0 Å². The molecule has 0 radical (unpaired) electrons. The highest BCUT2D eigenvalue weighted by Crippen LogP contribution is 2.18. The maximum absolute atomic E-state index is 11.1. The van der Waals surface area contributed by atoms with Crippen LogP contribution in [0, 0.1) is 0 Å². The molecule has 0 saturated carbocycles. The predicted octanol–water partition coefficient (Wildman–Crippen LogP) is 0.477. The summed E-state index contributed by atoms with van der Waals surface area (Å²) in [4.78, 5) is 18.4. The molecule has 2 atom stereocenters. The summed E-state index contributed by atoms with van der Waals surface area (Å²) in [7, 11) is 0. The summed E-state index contributed by atoms with van der Waals surface area (Å²) >= 11 is 5.48. The second-order valence-corrected chi connectivity index (χ2v) is 3.64. The maximum atomic E-state index is 11.1. The number of halogens is 1. The highest BCUT2D eigenvalue weighted by atomic mass is 35.5. The largest absolute Gasteiger partial charge is 0.466 e. The number of carbonyl (C=O) groups excluding carboxylic acids is 1.